The Balaban J connectivity index is 0.00000248. The number of hydrogen-bond acceptors (Lipinski definition) is 9. The maximum Gasteiger partial charge on any atom is 1.00 e. The van der Waals surface area contributed by atoms with E-state index in [4.69, 9.17) is 34.7 Å². The van der Waals surface area contributed by atoms with Crippen molar-refractivity contribution in [3.8, 4) is 17.2 Å². The summed E-state index contributed by atoms with van der Waals surface area (Å²) in [5.41, 5.74) is 8.50. The Morgan fingerprint density at radius 3 is 1.49 bits per heavy atom. The molecule has 213 valence electrons. The average molecular weight is 683 g/mol. The van der Waals surface area contributed by atoms with Crippen molar-refractivity contribution in [2.75, 3.05) is 14.2 Å². The Morgan fingerprint density at radius 1 is 0.795 bits per heavy atom. The number of methoxy groups -OCH3 is 2. The Morgan fingerprint density at radius 2 is 1.15 bits per heavy atom. The Bertz CT molecular complexity index is 1210. The van der Waals surface area contributed by atoms with Gasteiger partial charge in [0.1, 0.15) is 17.2 Å². The molecule has 0 spiro atoms. The molecule has 3 aromatic rings. The molecule has 0 unspecified atom stereocenters. The van der Waals surface area contributed by atoms with Crippen LogP contribution in [0.2, 0.25) is 0 Å². The Labute approximate surface area is 261 Å². The third kappa shape index (κ3) is 11.8. The van der Waals surface area contributed by atoms with Crippen molar-refractivity contribution >= 4 is 69.5 Å². The van der Waals surface area contributed by atoms with Crippen molar-refractivity contribution in [1.82, 2.24) is 10.9 Å². The van der Waals surface area contributed by atoms with Gasteiger partial charge in [0.25, 0.3) is 0 Å². The van der Waals surface area contributed by atoms with Crippen LogP contribution < -0.4 is 20.3 Å². The van der Waals surface area contributed by atoms with Gasteiger partial charge in [0, 0.05) is 21.5 Å². The molecule has 3 rings (SSSR count). The van der Waals surface area contributed by atoms with Crippen LogP contribution in [0.1, 0.15) is 16.7 Å². The molecule has 39 heavy (non-hydrogen) atoms. The van der Waals surface area contributed by atoms with E-state index in [1.807, 2.05) is 6.92 Å². The quantitative estimate of drug-likeness (QED) is 0.104. The molecular formula is C25H24ClCu2N6O3S2. The van der Waals surface area contributed by atoms with Crippen molar-refractivity contribution in [1.29, 1.82) is 0 Å². The van der Waals surface area contributed by atoms with E-state index in [1.165, 1.54) is 12.4 Å². The third-order valence-electron chi connectivity index (χ3n) is 4.65. The third-order valence-corrected chi connectivity index (χ3v) is 5.01. The maximum atomic E-state index is 10.6. The van der Waals surface area contributed by atoms with Gasteiger partial charge in [-0.05, 0) is 73.2 Å². The van der Waals surface area contributed by atoms with Crippen molar-refractivity contribution in [2.24, 2.45) is 20.2 Å². The van der Waals surface area contributed by atoms with Crippen molar-refractivity contribution in [3.05, 3.63) is 77.4 Å². The minimum Gasteiger partial charge on any atom is 1.00 e. The van der Waals surface area contributed by atoms with Gasteiger partial charge in [0.2, 0.25) is 0 Å². The minimum atomic E-state index is -0.00674. The molecule has 3 aromatic carbocycles. The summed E-state index contributed by atoms with van der Waals surface area (Å²) in [4.78, 5) is 8.50. The number of rotatable bonds is 8. The first kappa shape index (κ1) is 34.1. The molecule has 0 atom stereocenters. The first-order chi connectivity index (χ1) is 18.4. The first-order valence-electron chi connectivity index (χ1n) is 10.7. The molecule has 0 heterocycles. The van der Waals surface area contributed by atoms with Gasteiger partial charge in [0.15, 0.2) is 0 Å². The second kappa shape index (κ2) is 18.4. The summed E-state index contributed by atoms with van der Waals surface area (Å²) in [5.74, 6) is 1.44. The zero-order chi connectivity index (χ0) is 27.9. The van der Waals surface area contributed by atoms with Crippen LogP contribution in [0.15, 0.2) is 80.9 Å². The van der Waals surface area contributed by atoms with Gasteiger partial charge in [-0.15, -0.1) is 0 Å². The van der Waals surface area contributed by atoms with Crippen molar-refractivity contribution in [2.45, 2.75) is 6.92 Å². The molecule has 0 saturated heterocycles. The van der Waals surface area contributed by atoms with Gasteiger partial charge < -0.3 is 39.8 Å². The standard InChI is InChI=1S/C25H26N6O3S2.ClH.2Cu/c1-16-12-17(14-26-30-24(35)28-19-4-8-21(33-2)9-5-19)23(32)18(13-16)15-27-31-25(36)29-20-6-10-22(34-3)11-7-20;;;/h4-15,32H,1-3H3,(H2,28,30,35)(H2,29,31,36);1H;;/q;;+1;+2/p-3/b26-14+,27-15+;;;. The number of halogens is 1. The second-order valence-corrected chi connectivity index (χ2v) is 8.04. The monoisotopic (exact) mass is 681 g/mol. The van der Waals surface area contributed by atoms with Gasteiger partial charge >= 0.3 is 42.3 Å². The molecule has 0 saturated carbocycles. The van der Waals surface area contributed by atoms with E-state index in [0.717, 1.165) is 17.1 Å². The smallest absolute Gasteiger partial charge is 1.00 e. The van der Waals surface area contributed by atoms with Crippen LogP contribution in [-0.4, -0.2) is 42.1 Å². The number of benzene rings is 3. The summed E-state index contributed by atoms with van der Waals surface area (Å²) in [6.45, 7) is 1.89. The Kier molecular flexibility index (Phi) is 16.1. The van der Waals surface area contributed by atoms with Crippen LogP contribution in [0.25, 0.3) is 0 Å². The molecule has 0 radical (unpaired) electrons. The van der Waals surface area contributed by atoms with E-state index in [-0.39, 0.29) is 33.2 Å². The van der Waals surface area contributed by atoms with E-state index in [9.17, 15) is 5.11 Å². The zero-order valence-electron chi connectivity index (χ0n) is 20.8. The number of hydrogen-bond donors (Lipinski definition) is 3. The second-order valence-electron chi connectivity index (χ2n) is 7.26. The Hall–Kier alpha value is -2.89. The topological polar surface area (TPSA) is 112 Å². The molecule has 0 aliphatic carbocycles. The molecule has 0 aliphatic rings. The van der Waals surface area contributed by atoms with Crippen LogP contribution in [-0.2, 0) is 57.4 Å². The first-order valence-corrected chi connectivity index (χ1v) is 12.8. The fraction of sp³-hybridized carbons (Fsp3) is 0.120. The number of aryl methyl sites for hydroxylation is 1. The van der Waals surface area contributed by atoms with Crippen LogP contribution in [0.3, 0.4) is 0 Å². The number of hydrazone groups is 2. The molecule has 3 N–H and O–H groups in total. The van der Waals surface area contributed by atoms with E-state index < -0.39 is 0 Å². The molecule has 0 bridgehead atoms. The summed E-state index contributed by atoms with van der Waals surface area (Å²) in [5, 5.41) is 19.1. The average Bonchev–Trinajstić information content (AvgIpc) is 2.93. The van der Waals surface area contributed by atoms with Crippen LogP contribution >= 0.6 is 10.1 Å². The molecule has 9 nitrogen and oxygen atoms in total. The number of aromatic hydroxyl groups is 1. The van der Waals surface area contributed by atoms with Crippen molar-refractivity contribution < 1.29 is 46.8 Å². The number of nitrogens with one attached hydrogen (secondary N) is 2. The van der Waals surface area contributed by atoms with Gasteiger partial charge in [-0.2, -0.15) is 10.2 Å². The van der Waals surface area contributed by atoms with Gasteiger partial charge in [0.05, 0.1) is 38.0 Å². The maximum absolute atomic E-state index is 10.6. The molecule has 0 aliphatic heterocycles. The van der Waals surface area contributed by atoms with Gasteiger partial charge in [-0.25, -0.2) is 0 Å². The molecule has 0 amide bonds. The van der Waals surface area contributed by atoms with E-state index in [0.29, 0.717) is 22.5 Å². The summed E-state index contributed by atoms with van der Waals surface area (Å²) < 4.78 is 10.2. The minimum absolute atomic E-state index is 0. The SMILES string of the molecule is COc1ccc(N=C([S-])N/N=C/c2cc(C)cc(/C=N/NC([S-])=Nc3ccc(OC)cc3)c2O)cc1.[Cl][Cu+].[Cu+]. The molecular weight excluding hydrogens is 659 g/mol. The number of amidine groups is 2. The van der Waals surface area contributed by atoms with Gasteiger partial charge in [-0.3, -0.25) is 20.8 Å². The molecule has 0 aromatic heterocycles. The molecule has 14 heteroatoms. The van der Waals surface area contributed by atoms with Crippen molar-refractivity contribution in [3.63, 3.8) is 0 Å². The summed E-state index contributed by atoms with van der Waals surface area (Å²) >= 11 is 14.1. The van der Waals surface area contributed by atoms with E-state index in [1.54, 1.807) is 74.9 Å². The van der Waals surface area contributed by atoms with Crippen LogP contribution in [0.4, 0.5) is 11.4 Å². The largest absolute Gasteiger partial charge is 1.00 e. The predicted molar refractivity (Wildman–Crippen MR) is 155 cm³/mol. The van der Waals surface area contributed by atoms with Crippen LogP contribution in [0, 0.1) is 6.92 Å². The number of phenols is 1. The van der Waals surface area contributed by atoms with E-state index in [2.05, 4.69) is 56.2 Å². The summed E-state index contributed by atoms with van der Waals surface area (Å²) in [6, 6.07) is 17.8. The van der Waals surface area contributed by atoms with Crippen LogP contribution in [0.5, 0.6) is 17.2 Å². The summed E-state index contributed by atoms with van der Waals surface area (Å²) in [6.07, 6.45) is 2.90. The number of phenolic OH excluding ortho intramolecular Hbond substituents is 1. The number of ether oxygens (including phenoxy) is 2. The van der Waals surface area contributed by atoms with Gasteiger partial charge in [-0.1, -0.05) is 0 Å². The normalized spacial score (nSPS) is 11.4. The fourth-order valence-corrected chi connectivity index (χ4v) is 3.26. The number of nitrogens with zero attached hydrogens (tertiary/aromatic N) is 4. The summed E-state index contributed by atoms with van der Waals surface area (Å²) in [7, 11) is 7.39. The number of aliphatic imine (C=N–C) groups is 2. The molecule has 0 fully saturated rings. The zero-order valence-corrected chi connectivity index (χ0v) is 25.1. The van der Waals surface area contributed by atoms with E-state index >= 15 is 0 Å². The fourth-order valence-electron chi connectivity index (χ4n) is 2.94. The predicted octanol–water partition coefficient (Wildman–Crippen LogP) is 4.72.